The summed E-state index contributed by atoms with van der Waals surface area (Å²) in [6.45, 7) is 10.9. The van der Waals surface area contributed by atoms with E-state index in [1.54, 1.807) is 0 Å². The first-order valence-electron chi connectivity index (χ1n) is 6.96. The van der Waals surface area contributed by atoms with Crippen molar-refractivity contribution in [1.82, 2.24) is 5.32 Å². The van der Waals surface area contributed by atoms with E-state index in [-0.39, 0.29) is 12.0 Å². The van der Waals surface area contributed by atoms with Gasteiger partial charge < -0.3 is 20.5 Å². The van der Waals surface area contributed by atoms with E-state index in [1.165, 1.54) is 0 Å². The van der Waals surface area contributed by atoms with Crippen molar-refractivity contribution in [1.29, 1.82) is 0 Å². The highest BCUT2D eigenvalue weighted by Gasteiger charge is 2.36. The highest BCUT2D eigenvalue weighted by atomic mass is 16.6. The van der Waals surface area contributed by atoms with Crippen LogP contribution in [0.1, 0.15) is 47.5 Å². The van der Waals surface area contributed by atoms with Crippen LogP contribution in [0.4, 0.5) is 4.79 Å². The van der Waals surface area contributed by atoms with Crippen LogP contribution < -0.4 is 11.1 Å². The van der Waals surface area contributed by atoms with Crippen molar-refractivity contribution in [2.75, 3.05) is 13.2 Å². The summed E-state index contributed by atoms with van der Waals surface area (Å²) >= 11 is 0. The van der Waals surface area contributed by atoms with Gasteiger partial charge in [0.2, 0.25) is 0 Å². The Morgan fingerprint density at radius 3 is 2.47 bits per heavy atom. The predicted molar refractivity (Wildman–Crippen MR) is 75.0 cm³/mol. The summed E-state index contributed by atoms with van der Waals surface area (Å²) in [5, 5.41) is 2.87. The van der Waals surface area contributed by atoms with Gasteiger partial charge in [-0.1, -0.05) is 0 Å². The number of nitrogens with two attached hydrogens (primary N) is 1. The monoisotopic (exact) mass is 272 g/mol. The zero-order chi connectivity index (χ0) is 14.7. The van der Waals surface area contributed by atoms with Gasteiger partial charge in [-0.15, -0.1) is 0 Å². The molecule has 0 aromatic heterocycles. The first-order chi connectivity index (χ1) is 8.62. The fourth-order valence-corrected chi connectivity index (χ4v) is 2.29. The number of alkyl carbamates (subject to hydrolysis) is 1. The molecule has 1 saturated heterocycles. The highest BCUT2D eigenvalue weighted by Crippen LogP contribution is 2.23. The van der Waals surface area contributed by atoms with Gasteiger partial charge in [-0.2, -0.15) is 0 Å². The van der Waals surface area contributed by atoms with Crippen LogP contribution in [0.3, 0.4) is 0 Å². The lowest BCUT2D eigenvalue weighted by molar-refractivity contribution is 0.0228. The van der Waals surface area contributed by atoms with E-state index in [4.69, 9.17) is 15.2 Å². The van der Waals surface area contributed by atoms with Crippen molar-refractivity contribution in [3.63, 3.8) is 0 Å². The molecule has 1 rings (SSSR count). The predicted octanol–water partition coefficient (Wildman–Crippen LogP) is 2.04. The third-order valence-electron chi connectivity index (χ3n) is 3.36. The molecule has 2 atom stereocenters. The smallest absolute Gasteiger partial charge is 0.408 e. The molecule has 0 bridgehead atoms. The summed E-state index contributed by atoms with van der Waals surface area (Å²) in [6, 6.07) is -0.152. The number of rotatable bonds is 3. The van der Waals surface area contributed by atoms with Gasteiger partial charge in [0.1, 0.15) is 5.60 Å². The lowest BCUT2D eigenvalue weighted by atomic mass is 9.82. The minimum absolute atomic E-state index is 0.152. The molecular formula is C14H28N2O3. The Morgan fingerprint density at radius 2 is 2.00 bits per heavy atom. The molecule has 5 heteroatoms. The zero-order valence-corrected chi connectivity index (χ0v) is 12.8. The van der Waals surface area contributed by atoms with Gasteiger partial charge in [0.15, 0.2) is 0 Å². The summed E-state index contributed by atoms with van der Waals surface area (Å²) in [4.78, 5) is 11.8. The Labute approximate surface area is 116 Å². The van der Waals surface area contributed by atoms with E-state index in [0.29, 0.717) is 6.61 Å². The fraction of sp³-hybridized carbons (Fsp3) is 0.929. The molecule has 1 fully saturated rings. The third-order valence-corrected chi connectivity index (χ3v) is 3.36. The summed E-state index contributed by atoms with van der Waals surface area (Å²) in [6.07, 6.45) is 1.64. The molecule has 19 heavy (non-hydrogen) atoms. The quantitative estimate of drug-likeness (QED) is 0.824. The normalized spacial score (nSPS) is 22.7. The number of hydrogen-bond acceptors (Lipinski definition) is 4. The maximum Gasteiger partial charge on any atom is 0.408 e. The molecule has 0 aromatic rings. The minimum atomic E-state index is -0.520. The van der Waals surface area contributed by atoms with Gasteiger partial charge in [-0.3, -0.25) is 0 Å². The lowest BCUT2D eigenvalue weighted by Crippen LogP contribution is -2.60. The average molecular weight is 272 g/mol. The summed E-state index contributed by atoms with van der Waals surface area (Å²) in [7, 11) is 0. The van der Waals surface area contributed by atoms with E-state index in [2.05, 4.69) is 5.32 Å². The third kappa shape index (κ3) is 5.37. The first-order valence-corrected chi connectivity index (χ1v) is 6.96. The molecule has 0 aliphatic carbocycles. The van der Waals surface area contributed by atoms with Gasteiger partial charge >= 0.3 is 6.09 Å². The maximum atomic E-state index is 11.8. The second kappa shape index (κ2) is 6.09. The summed E-state index contributed by atoms with van der Waals surface area (Å²) in [5.74, 6) is 0.277. The Kier molecular flexibility index (Phi) is 5.21. The van der Waals surface area contributed by atoms with Crippen molar-refractivity contribution >= 4 is 6.09 Å². The van der Waals surface area contributed by atoms with Crippen LogP contribution in [-0.4, -0.2) is 36.5 Å². The van der Waals surface area contributed by atoms with E-state index >= 15 is 0 Å². The topological polar surface area (TPSA) is 73.6 Å². The molecule has 112 valence electrons. The Bertz CT molecular complexity index is 304. The maximum absolute atomic E-state index is 11.8. The van der Waals surface area contributed by atoms with E-state index in [0.717, 1.165) is 19.4 Å². The van der Waals surface area contributed by atoms with E-state index in [1.807, 2.05) is 34.6 Å². The largest absolute Gasteiger partial charge is 0.444 e. The minimum Gasteiger partial charge on any atom is -0.444 e. The highest BCUT2D eigenvalue weighted by molar-refractivity contribution is 5.68. The Balaban J connectivity index is 2.56. The Hall–Kier alpha value is -0.810. The number of carbonyl (C=O) groups excluding carboxylic acids is 1. The second-order valence-electron chi connectivity index (χ2n) is 6.85. The van der Waals surface area contributed by atoms with Crippen LogP contribution in [0.25, 0.3) is 0 Å². The van der Waals surface area contributed by atoms with Gasteiger partial charge in [0.05, 0.1) is 12.1 Å². The van der Waals surface area contributed by atoms with Gasteiger partial charge in [-0.05, 0) is 53.4 Å². The van der Waals surface area contributed by atoms with Crippen molar-refractivity contribution in [2.24, 2.45) is 11.7 Å². The summed E-state index contributed by atoms with van der Waals surface area (Å²) < 4.78 is 10.7. The molecule has 2 unspecified atom stereocenters. The molecule has 1 aliphatic rings. The zero-order valence-electron chi connectivity index (χ0n) is 12.8. The van der Waals surface area contributed by atoms with Crippen LogP contribution in [0.5, 0.6) is 0 Å². The second-order valence-corrected chi connectivity index (χ2v) is 6.85. The molecule has 0 spiro atoms. The average Bonchev–Trinajstić information content (AvgIpc) is 2.25. The van der Waals surface area contributed by atoms with Crippen LogP contribution in [0.15, 0.2) is 0 Å². The van der Waals surface area contributed by atoms with E-state index < -0.39 is 17.2 Å². The number of carbonyl (C=O) groups is 1. The molecular weight excluding hydrogens is 244 g/mol. The van der Waals surface area contributed by atoms with Crippen molar-refractivity contribution in [3.05, 3.63) is 0 Å². The Morgan fingerprint density at radius 1 is 1.37 bits per heavy atom. The van der Waals surface area contributed by atoms with E-state index in [9.17, 15) is 4.79 Å². The molecule has 1 amide bonds. The SMILES string of the molecule is CC(C)(C)OC(=O)NC(C)(C)C(N)C1CCCOC1. The molecule has 0 radical (unpaired) electrons. The number of hydrogen-bond donors (Lipinski definition) is 2. The van der Waals surface area contributed by atoms with Crippen LogP contribution in [0, 0.1) is 5.92 Å². The van der Waals surface area contributed by atoms with Gasteiger partial charge in [0.25, 0.3) is 0 Å². The molecule has 1 aliphatic heterocycles. The molecule has 5 nitrogen and oxygen atoms in total. The van der Waals surface area contributed by atoms with Crippen LogP contribution in [-0.2, 0) is 9.47 Å². The molecule has 0 aromatic carbocycles. The van der Waals surface area contributed by atoms with Crippen molar-refractivity contribution in [2.45, 2.75) is 64.6 Å². The number of amides is 1. The fourth-order valence-electron chi connectivity index (χ4n) is 2.29. The molecule has 3 N–H and O–H groups in total. The lowest BCUT2D eigenvalue weighted by Gasteiger charge is -2.39. The number of ether oxygens (including phenoxy) is 2. The number of nitrogens with one attached hydrogen (secondary N) is 1. The van der Waals surface area contributed by atoms with Gasteiger partial charge in [-0.25, -0.2) is 4.79 Å². The van der Waals surface area contributed by atoms with Crippen molar-refractivity contribution < 1.29 is 14.3 Å². The molecule has 0 saturated carbocycles. The standard InChI is InChI=1S/C14H28N2O3/c1-13(2,3)19-12(17)16-14(4,5)11(15)10-7-6-8-18-9-10/h10-11H,6-9,15H2,1-5H3,(H,16,17). The van der Waals surface area contributed by atoms with Crippen molar-refractivity contribution in [3.8, 4) is 0 Å². The van der Waals surface area contributed by atoms with Gasteiger partial charge in [0, 0.05) is 12.6 Å². The van der Waals surface area contributed by atoms with Crippen LogP contribution in [0.2, 0.25) is 0 Å². The van der Waals surface area contributed by atoms with Crippen LogP contribution >= 0.6 is 0 Å². The first kappa shape index (κ1) is 16.2. The molecule has 1 heterocycles. The summed E-state index contributed by atoms with van der Waals surface area (Å²) in [5.41, 5.74) is 5.27.